The molecule has 31 heavy (non-hydrogen) atoms. The molecule has 0 bridgehead atoms. The van der Waals surface area contributed by atoms with Gasteiger partial charge in [0.2, 0.25) is 5.91 Å². The predicted octanol–water partition coefficient (Wildman–Crippen LogP) is 3.73. The third kappa shape index (κ3) is 3.34. The number of urea groups is 1. The summed E-state index contributed by atoms with van der Waals surface area (Å²) in [5.41, 5.74) is 2.74. The molecule has 156 valence electrons. The van der Waals surface area contributed by atoms with Crippen LogP contribution in [0.3, 0.4) is 0 Å². The largest absolute Gasteiger partial charge is 0.325 e. The fourth-order valence-corrected chi connectivity index (χ4v) is 4.53. The number of aryl methyl sites for hydroxylation is 2. The van der Waals surface area contributed by atoms with Crippen LogP contribution in [0.4, 0.5) is 10.5 Å². The third-order valence-electron chi connectivity index (χ3n) is 6.29. The van der Waals surface area contributed by atoms with Crippen LogP contribution in [0.15, 0.2) is 60.7 Å². The van der Waals surface area contributed by atoms with Gasteiger partial charge in [0.15, 0.2) is 0 Å². The van der Waals surface area contributed by atoms with Gasteiger partial charge in [0, 0.05) is 5.69 Å². The summed E-state index contributed by atoms with van der Waals surface area (Å²) in [6.45, 7) is 1.36. The van der Waals surface area contributed by atoms with E-state index in [1.165, 1.54) is 11.1 Å². The molecule has 1 heterocycles. The zero-order chi connectivity index (χ0) is 21.6. The molecule has 4 amide bonds. The summed E-state index contributed by atoms with van der Waals surface area (Å²) in [6.07, 6.45) is 3.14. The van der Waals surface area contributed by atoms with Gasteiger partial charge in [0.25, 0.3) is 5.91 Å². The van der Waals surface area contributed by atoms with Crippen molar-refractivity contribution in [3.8, 4) is 0 Å². The molecular weight excluding hydrogens is 390 g/mol. The number of hydrogen-bond acceptors (Lipinski definition) is 3. The molecule has 0 saturated carbocycles. The summed E-state index contributed by atoms with van der Waals surface area (Å²) < 4.78 is 0. The SMILES string of the molecule is C[C@]1(c2ccc3c(c2)CCC3)NC(=O)N(CC(=O)Nc2ccc3ccccc3c2)C1=O. The van der Waals surface area contributed by atoms with Crippen molar-refractivity contribution in [2.24, 2.45) is 0 Å². The summed E-state index contributed by atoms with van der Waals surface area (Å²) in [5.74, 6) is -0.832. The Hall–Kier alpha value is -3.67. The molecule has 1 atom stereocenters. The molecular formula is C25H23N3O3. The summed E-state index contributed by atoms with van der Waals surface area (Å²) in [6, 6.07) is 18.8. The van der Waals surface area contributed by atoms with Gasteiger partial charge in [-0.1, -0.05) is 48.5 Å². The lowest BCUT2D eigenvalue weighted by molar-refractivity contribution is -0.133. The second-order valence-corrected chi connectivity index (χ2v) is 8.39. The number of anilines is 1. The Balaban J connectivity index is 1.32. The van der Waals surface area contributed by atoms with Gasteiger partial charge in [-0.15, -0.1) is 0 Å². The number of fused-ring (bicyclic) bond motifs is 2. The maximum absolute atomic E-state index is 13.2. The maximum Gasteiger partial charge on any atom is 0.325 e. The van der Waals surface area contributed by atoms with Crippen molar-refractivity contribution in [1.29, 1.82) is 0 Å². The minimum absolute atomic E-state index is 0.335. The molecule has 1 saturated heterocycles. The number of nitrogens with zero attached hydrogens (tertiary/aromatic N) is 1. The topological polar surface area (TPSA) is 78.5 Å². The van der Waals surface area contributed by atoms with Crippen LogP contribution in [0.1, 0.15) is 30.0 Å². The monoisotopic (exact) mass is 413 g/mol. The third-order valence-corrected chi connectivity index (χ3v) is 6.29. The molecule has 3 aromatic carbocycles. The van der Waals surface area contributed by atoms with Gasteiger partial charge >= 0.3 is 6.03 Å². The maximum atomic E-state index is 13.2. The Morgan fingerprint density at radius 3 is 2.61 bits per heavy atom. The summed E-state index contributed by atoms with van der Waals surface area (Å²) in [7, 11) is 0. The molecule has 5 rings (SSSR count). The van der Waals surface area contributed by atoms with Gasteiger partial charge in [-0.25, -0.2) is 4.79 Å². The van der Waals surface area contributed by atoms with Crippen molar-refractivity contribution in [2.45, 2.75) is 31.7 Å². The molecule has 1 aliphatic carbocycles. The van der Waals surface area contributed by atoms with E-state index in [1.54, 1.807) is 13.0 Å². The summed E-state index contributed by atoms with van der Waals surface area (Å²) in [5, 5.41) is 7.65. The first-order chi connectivity index (χ1) is 14.9. The Labute approximate surface area is 180 Å². The van der Waals surface area contributed by atoms with Gasteiger partial charge in [-0.2, -0.15) is 0 Å². The molecule has 6 nitrogen and oxygen atoms in total. The van der Waals surface area contributed by atoms with Crippen LogP contribution < -0.4 is 10.6 Å². The predicted molar refractivity (Wildman–Crippen MR) is 119 cm³/mol. The molecule has 1 fully saturated rings. The molecule has 2 aliphatic rings. The van der Waals surface area contributed by atoms with Crippen LogP contribution in [0.25, 0.3) is 10.8 Å². The van der Waals surface area contributed by atoms with E-state index >= 15 is 0 Å². The van der Waals surface area contributed by atoms with Crippen LogP contribution in [0.5, 0.6) is 0 Å². The minimum Gasteiger partial charge on any atom is -0.325 e. The van der Waals surface area contributed by atoms with E-state index in [4.69, 9.17) is 0 Å². The van der Waals surface area contributed by atoms with Crippen molar-refractivity contribution >= 4 is 34.3 Å². The van der Waals surface area contributed by atoms with Gasteiger partial charge < -0.3 is 10.6 Å². The minimum atomic E-state index is -1.17. The van der Waals surface area contributed by atoms with E-state index in [9.17, 15) is 14.4 Å². The summed E-state index contributed by atoms with van der Waals surface area (Å²) in [4.78, 5) is 39.3. The van der Waals surface area contributed by atoms with Gasteiger partial charge in [-0.05, 0) is 65.8 Å². The van der Waals surface area contributed by atoms with E-state index in [0.717, 1.165) is 40.5 Å². The van der Waals surface area contributed by atoms with Crippen molar-refractivity contribution in [2.75, 3.05) is 11.9 Å². The number of hydrogen-bond donors (Lipinski definition) is 2. The lowest BCUT2D eigenvalue weighted by Gasteiger charge is -2.23. The fourth-order valence-electron chi connectivity index (χ4n) is 4.53. The highest BCUT2D eigenvalue weighted by Gasteiger charge is 2.49. The number of imide groups is 1. The smallest absolute Gasteiger partial charge is 0.325 e. The van der Waals surface area contributed by atoms with E-state index in [1.807, 2.05) is 54.6 Å². The highest BCUT2D eigenvalue weighted by atomic mass is 16.2. The number of rotatable bonds is 4. The molecule has 0 aromatic heterocycles. The zero-order valence-electron chi connectivity index (χ0n) is 17.3. The fraction of sp³-hybridized carbons (Fsp3) is 0.240. The average Bonchev–Trinajstić information content (AvgIpc) is 3.32. The number of carbonyl (C=O) groups excluding carboxylic acids is 3. The van der Waals surface area contributed by atoms with Gasteiger partial charge in [0.05, 0.1) is 0 Å². The van der Waals surface area contributed by atoms with E-state index in [-0.39, 0.29) is 6.54 Å². The molecule has 1 aliphatic heterocycles. The molecule has 0 radical (unpaired) electrons. The molecule has 6 heteroatoms. The van der Waals surface area contributed by atoms with Crippen LogP contribution in [0, 0.1) is 0 Å². The molecule has 0 spiro atoms. The van der Waals surface area contributed by atoms with Crippen LogP contribution in [0.2, 0.25) is 0 Å². The van der Waals surface area contributed by atoms with Crippen molar-refractivity contribution in [3.63, 3.8) is 0 Å². The van der Waals surface area contributed by atoms with Crippen molar-refractivity contribution in [1.82, 2.24) is 10.2 Å². The van der Waals surface area contributed by atoms with Crippen LogP contribution >= 0.6 is 0 Å². The highest BCUT2D eigenvalue weighted by molar-refractivity contribution is 6.10. The Bertz CT molecular complexity index is 1240. The number of benzene rings is 3. The van der Waals surface area contributed by atoms with Crippen LogP contribution in [-0.2, 0) is 28.0 Å². The zero-order valence-corrected chi connectivity index (χ0v) is 17.3. The number of nitrogens with one attached hydrogen (secondary N) is 2. The van der Waals surface area contributed by atoms with E-state index in [0.29, 0.717) is 5.69 Å². The molecule has 2 N–H and O–H groups in total. The first-order valence-electron chi connectivity index (χ1n) is 10.5. The Kier molecular flexibility index (Phi) is 4.50. The lowest BCUT2D eigenvalue weighted by Crippen LogP contribution is -2.42. The quantitative estimate of drug-likeness (QED) is 0.640. The second-order valence-electron chi connectivity index (χ2n) is 8.39. The standard InChI is InChI=1S/C25H23N3O3/c1-25(20-11-9-17-7-4-8-18(17)13-20)23(30)28(24(31)27-25)15-22(29)26-21-12-10-16-5-2-3-6-19(16)14-21/h2-3,5-6,9-14H,4,7-8,15H2,1H3,(H,26,29)(H,27,31)/t25-/m1/s1. The Morgan fingerprint density at radius 1 is 1.00 bits per heavy atom. The first kappa shape index (κ1) is 19.3. The van der Waals surface area contributed by atoms with E-state index < -0.39 is 23.4 Å². The lowest BCUT2D eigenvalue weighted by atomic mass is 9.89. The number of amides is 4. The molecule has 3 aromatic rings. The summed E-state index contributed by atoms with van der Waals surface area (Å²) >= 11 is 0. The van der Waals surface area contributed by atoms with Crippen LogP contribution in [-0.4, -0.2) is 29.3 Å². The Morgan fingerprint density at radius 2 is 1.77 bits per heavy atom. The number of carbonyl (C=O) groups is 3. The van der Waals surface area contributed by atoms with Crippen molar-refractivity contribution in [3.05, 3.63) is 77.4 Å². The van der Waals surface area contributed by atoms with Gasteiger partial charge in [0.1, 0.15) is 12.1 Å². The van der Waals surface area contributed by atoms with E-state index in [2.05, 4.69) is 10.6 Å². The first-order valence-corrected chi connectivity index (χ1v) is 10.5. The average molecular weight is 413 g/mol. The second kappa shape index (κ2) is 7.23. The van der Waals surface area contributed by atoms with Crippen molar-refractivity contribution < 1.29 is 14.4 Å². The normalized spacial score (nSPS) is 20.1. The van der Waals surface area contributed by atoms with Gasteiger partial charge in [-0.3, -0.25) is 14.5 Å². The molecule has 0 unspecified atom stereocenters. The highest BCUT2D eigenvalue weighted by Crippen LogP contribution is 2.32.